The van der Waals surface area contributed by atoms with Gasteiger partial charge in [-0.15, -0.1) is 0 Å². The van der Waals surface area contributed by atoms with E-state index in [0.717, 1.165) is 69.5 Å². The van der Waals surface area contributed by atoms with Crippen molar-refractivity contribution >= 4 is 5.96 Å². The second kappa shape index (κ2) is 11.5. The van der Waals surface area contributed by atoms with Crippen molar-refractivity contribution in [3.8, 4) is 11.5 Å². The van der Waals surface area contributed by atoms with Gasteiger partial charge in [0.15, 0.2) is 5.96 Å². The van der Waals surface area contributed by atoms with Crippen molar-refractivity contribution in [2.45, 2.75) is 25.8 Å². The summed E-state index contributed by atoms with van der Waals surface area (Å²) in [5.41, 5.74) is 1.80. The van der Waals surface area contributed by atoms with Gasteiger partial charge in [-0.25, -0.2) is 4.98 Å². The average Bonchev–Trinajstić information content (AvgIpc) is 3.23. The molecule has 1 aromatic heterocycles. The summed E-state index contributed by atoms with van der Waals surface area (Å²) >= 11 is 0. The second-order valence-electron chi connectivity index (χ2n) is 6.85. The summed E-state index contributed by atoms with van der Waals surface area (Å²) in [5, 5.41) is 6.55. The molecule has 7 heteroatoms. The van der Waals surface area contributed by atoms with Gasteiger partial charge in [-0.1, -0.05) is 18.2 Å². The van der Waals surface area contributed by atoms with Gasteiger partial charge in [-0.3, -0.25) is 4.99 Å². The fraction of sp³-hybridized carbons (Fsp3) is 0.524. The van der Waals surface area contributed by atoms with Crippen LogP contribution in [0.5, 0.6) is 0 Å². The lowest BCUT2D eigenvalue weighted by molar-refractivity contribution is 0.0203. The molecule has 2 aromatic rings. The molecule has 0 amide bonds. The Hall–Kier alpha value is -2.38. The van der Waals surface area contributed by atoms with Gasteiger partial charge in [0, 0.05) is 45.6 Å². The van der Waals surface area contributed by atoms with E-state index in [0.29, 0.717) is 18.4 Å². The van der Waals surface area contributed by atoms with Gasteiger partial charge in [0.25, 0.3) is 0 Å². The van der Waals surface area contributed by atoms with Crippen LogP contribution in [-0.4, -0.2) is 51.0 Å². The number of nitrogens with zero attached hydrogens (tertiary/aromatic N) is 2. The maximum Gasteiger partial charge on any atom is 0.226 e. The van der Waals surface area contributed by atoms with E-state index in [2.05, 4.69) is 20.6 Å². The molecule has 3 rings (SSSR count). The lowest BCUT2D eigenvalue weighted by atomic mass is 10.0. The van der Waals surface area contributed by atoms with Gasteiger partial charge in [0.2, 0.25) is 5.89 Å². The minimum atomic E-state index is 0.552. The number of aromatic nitrogens is 1. The SMILES string of the molecule is CN=C(NCCCOCC1CCOCC1)NCc1coc(-c2ccccc2)n1. The van der Waals surface area contributed by atoms with E-state index < -0.39 is 0 Å². The Morgan fingerprint density at radius 1 is 1.21 bits per heavy atom. The number of hydrogen-bond acceptors (Lipinski definition) is 5. The maximum absolute atomic E-state index is 5.78. The molecular formula is C21H30N4O3. The van der Waals surface area contributed by atoms with Crippen LogP contribution in [0.4, 0.5) is 0 Å². The zero-order chi connectivity index (χ0) is 19.4. The number of hydrogen-bond donors (Lipinski definition) is 2. The number of benzene rings is 1. The molecular weight excluding hydrogens is 356 g/mol. The number of nitrogens with one attached hydrogen (secondary N) is 2. The van der Waals surface area contributed by atoms with E-state index in [-0.39, 0.29) is 0 Å². The number of oxazole rings is 1. The van der Waals surface area contributed by atoms with Crippen LogP contribution in [0.3, 0.4) is 0 Å². The standard InChI is InChI=1S/C21H30N4O3/c1-22-21(23-10-5-11-27-15-17-8-12-26-13-9-17)24-14-19-16-28-20(25-19)18-6-3-2-4-7-18/h2-4,6-7,16-17H,5,8-15H2,1H3,(H2,22,23,24). The molecule has 1 fully saturated rings. The van der Waals surface area contributed by atoms with Crippen molar-refractivity contribution in [1.29, 1.82) is 0 Å². The number of ether oxygens (including phenoxy) is 2. The summed E-state index contributed by atoms with van der Waals surface area (Å²) in [6, 6.07) is 9.87. The molecule has 1 saturated heterocycles. The van der Waals surface area contributed by atoms with Crippen molar-refractivity contribution < 1.29 is 13.9 Å². The van der Waals surface area contributed by atoms with Gasteiger partial charge < -0.3 is 24.5 Å². The lowest BCUT2D eigenvalue weighted by Gasteiger charge is -2.21. The fourth-order valence-corrected chi connectivity index (χ4v) is 3.04. The van der Waals surface area contributed by atoms with Crippen LogP contribution in [0.1, 0.15) is 25.0 Å². The molecule has 0 spiro atoms. The maximum atomic E-state index is 5.78. The zero-order valence-electron chi connectivity index (χ0n) is 16.5. The number of guanidine groups is 1. The van der Waals surface area contributed by atoms with Gasteiger partial charge in [0.05, 0.1) is 12.2 Å². The highest BCUT2D eigenvalue weighted by Gasteiger charge is 2.13. The van der Waals surface area contributed by atoms with E-state index in [9.17, 15) is 0 Å². The van der Waals surface area contributed by atoms with E-state index in [1.165, 1.54) is 0 Å². The van der Waals surface area contributed by atoms with Crippen LogP contribution >= 0.6 is 0 Å². The van der Waals surface area contributed by atoms with E-state index in [1.54, 1.807) is 13.3 Å². The highest BCUT2D eigenvalue weighted by molar-refractivity contribution is 5.79. The van der Waals surface area contributed by atoms with Crippen molar-refractivity contribution in [1.82, 2.24) is 15.6 Å². The Bertz CT molecular complexity index is 711. The summed E-state index contributed by atoms with van der Waals surface area (Å²) in [7, 11) is 1.76. The Kier molecular flexibility index (Phi) is 8.33. The number of aliphatic imine (C=N–C) groups is 1. The predicted molar refractivity (Wildman–Crippen MR) is 109 cm³/mol. The summed E-state index contributed by atoms with van der Waals surface area (Å²) in [5.74, 6) is 2.02. The molecule has 0 bridgehead atoms. The largest absolute Gasteiger partial charge is 0.444 e. The molecule has 0 atom stereocenters. The van der Waals surface area contributed by atoms with Crippen LogP contribution in [-0.2, 0) is 16.0 Å². The van der Waals surface area contributed by atoms with E-state index in [1.807, 2.05) is 30.3 Å². The Balaban J connectivity index is 1.30. The fourth-order valence-electron chi connectivity index (χ4n) is 3.04. The molecule has 0 unspecified atom stereocenters. The molecule has 1 aliphatic rings. The van der Waals surface area contributed by atoms with Crippen molar-refractivity contribution in [3.63, 3.8) is 0 Å². The first-order valence-corrected chi connectivity index (χ1v) is 9.95. The van der Waals surface area contributed by atoms with Gasteiger partial charge in [-0.05, 0) is 37.3 Å². The van der Waals surface area contributed by atoms with Crippen molar-refractivity contribution in [3.05, 3.63) is 42.3 Å². The molecule has 2 heterocycles. The van der Waals surface area contributed by atoms with E-state index in [4.69, 9.17) is 13.9 Å². The van der Waals surface area contributed by atoms with Crippen LogP contribution in [0.25, 0.3) is 11.5 Å². The van der Waals surface area contributed by atoms with Crippen molar-refractivity contribution in [2.75, 3.05) is 40.0 Å². The van der Waals surface area contributed by atoms with Gasteiger partial charge >= 0.3 is 0 Å². The third-order valence-corrected chi connectivity index (χ3v) is 4.69. The molecule has 0 radical (unpaired) electrons. The zero-order valence-corrected chi connectivity index (χ0v) is 16.5. The molecule has 2 N–H and O–H groups in total. The Morgan fingerprint density at radius 3 is 2.82 bits per heavy atom. The lowest BCUT2D eigenvalue weighted by Crippen LogP contribution is -2.37. The third kappa shape index (κ3) is 6.65. The normalized spacial score (nSPS) is 15.5. The molecule has 7 nitrogen and oxygen atoms in total. The first-order chi connectivity index (χ1) is 13.8. The minimum Gasteiger partial charge on any atom is -0.444 e. The van der Waals surface area contributed by atoms with Crippen molar-refractivity contribution in [2.24, 2.45) is 10.9 Å². The van der Waals surface area contributed by atoms with E-state index >= 15 is 0 Å². The highest BCUT2D eigenvalue weighted by atomic mass is 16.5. The molecule has 0 saturated carbocycles. The first kappa shape index (κ1) is 20.4. The molecule has 1 aromatic carbocycles. The smallest absolute Gasteiger partial charge is 0.226 e. The average molecular weight is 386 g/mol. The first-order valence-electron chi connectivity index (χ1n) is 9.95. The van der Waals surface area contributed by atoms with Gasteiger partial charge in [0.1, 0.15) is 6.26 Å². The molecule has 28 heavy (non-hydrogen) atoms. The van der Waals surface area contributed by atoms with Crippen LogP contribution in [0, 0.1) is 5.92 Å². The Morgan fingerprint density at radius 2 is 2.04 bits per heavy atom. The monoisotopic (exact) mass is 386 g/mol. The minimum absolute atomic E-state index is 0.552. The molecule has 0 aliphatic carbocycles. The van der Waals surface area contributed by atoms with Crippen LogP contribution < -0.4 is 10.6 Å². The highest BCUT2D eigenvalue weighted by Crippen LogP contribution is 2.17. The summed E-state index contributed by atoms with van der Waals surface area (Å²) in [6.07, 6.45) is 4.84. The van der Waals surface area contributed by atoms with Crippen LogP contribution in [0.15, 0.2) is 46.0 Å². The Labute approximate surface area is 166 Å². The molecule has 1 aliphatic heterocycles. The summed E-state index contributed by atoms with van der Waals surface area (Å²) in [4.78, 5) is 8.75. The molecule has 152 valence electrons. The predicted octanol–water partition coefficient (Wildman–Crippen LogP) is 2.84. The summed E-state index contributed by atoms with van der Waals surface area (Å²) in [6.45, 7) is 4.70. The summed E-state index contributed by atoms with van der Waals surface area (Å²) < 4.78 is 16.7. The third-order valence-electron chi connectivity index (χ3n) is 4.69. The van der Waals surface area contributed by atoms with Gasteiger partial charge in [-0.2, -0.15) is 0 Å². The van der Waals surface area contributed by atoms with Crippen LogP contribution in [0.2, 0.25) is 0 Å². The number of rotatable bonds is 9. The quantitative estimate of drug-likeness (QED) is 0.392. The second-order valence-corrected chi connectivity index (χ2v) is 6.85. The topological polar surface area (TPSA) is 80.9 Å².